The van der Waals surface area contributed by atoms with Crippen molar-refractivity contribution in [1.29, 1.82) is 0 Å². The molecule has 2 aromatic rings. The fourth-order valence-corrected chi connectivity index (χ4v) is 4.68. The van der Waals surface area contributed by atoms with Crippen LogP contribution in [-0.4, -0.2) is 48.4 Å². The molecule has 1 amide bonds. The lowest BCUT2D eigenvalue weighted by atomic mass is 9.94. The number of piperidine rings is 2. The van der Waals surface area contributed by atoms with Gasteiger partial charge in [-0.05, 0) is 87.0 Å². The molecule has 5 nitrogen and oxygen atoms in total. The Morgan fingerprint density at radius 1 is 1.10 bits per heavy atom. The summed E-state index contributed by atoms with van der Waals surface area (Å²) in [6, 6.07) is 11.3. The van der Waals surface area contributed by atoms with Crippen LogP contribution in [0.15, 0.2) is 45.3 Å². The standard InChI is InChI=1S/C24H31BrN2O3/c1-18-10-13-26(14-11-18)15-19-3-2-12-27(16-19)24(28)23-9-8-22(30-23)17-29-21-6-4-20(25)5-7-21/h4-9,18-19H,2-3,10-17H2,1H3. The van der Waals surface area contributed by atoms with E-state index in [1.54, 1.807) is 6.07 Å². The molecule has 0 N–H and O–H groups in total. The number of halogens is 1. The molecule has 2 aliphatic heterocycles. The van der Waals surface area contributed by atoms with Crippen molar-refractivity contribution in [3.8, 4) is 5.75 Å². The van der Waals surface area contributed by atoms with E-state index in [1.165, 1.54) is 32.4 Å². The maximum absolute atomic E-state index is 13.0. The molecule has 2 aliphatic rings. The fourth-order valence-electron chi connectivity index (χ4n) is 4.42. The molecule has 0 saturated carbocycles. The number of benzene rings is 1. The van der Waals surface area contributed by atoms with Crippen molar-refractivity contribution in [2.24, 2.45) is 11.8 Å². The molecule has 1 atom stereocenters. The molecule has 0 radical (unpaired) electrons. The highest BCUT2D eigenvalue weighted by Gasteiger charge is 2.28. The number of nitrogens with zero attached hydrogens (tertiary/aromatic N) is 2. The first-order valence-corrected chi connectivity index (χ1v) is 11.8. The van der Waals surface area contributed by atoms with Gasteiger partial charge >= 0.3 is 0 Å². The Balaban J connectivity index is 1.28. The number of carbonyl (C=O) groups is 1. The number of hydrogen-bond acceptors (Lipinski definition) is 4. The first-order valence-electron chi connectivity index (χ1n) is 11.1. The molecule has 1 aromatic heterocycles. The number of ether oxygens (including phenoxy) is 1. The van der Waals surface area contributed by atoms with Crippen molar-refractivity contribution in [2.75, 3.05) is 32.7 Å². The zero-order chi connectivity index (χ0) is 20.9. The Morgan fingerprint density at radius 3 is 2.63 bits per heavy atom. The number of likely N-dealkylation sites (tertiary alicyclic amines) is 2. The molecule has 3 heterocycles. The van der Waals surface area contributed by atoms with Crippen molar-refractivity contribution in [1.82, 2.24) is 9.80 Å². The average Bonchev–Trinajstić information content (AvgIpc) is 3.24. The summed E-state index contributed by atoms with van der Waals surface area (Å²) >= 11 is 3.41. The maximum atomic E-state index is 13.0. The van der Waals surface area contributed by atoms with E-state index in [0.717, 1.165) is 42.2 Å². The average molecular weight is 475 g/mol. The van der Waals surface area contributed by atoms with Gasteiger partial charge in [-0.1, -0.05) is 22.9 Å². The fraction of sp³-hybridized carbons (Fsp3) is 0.542. The van der Waals surface area contributed by atoms with Crippen molar-refractivity contribution < 1.29 is 13.9 Å². The highest BCUT2D eigenvalue weighted by molar-refractivity contribution is 9.10. The minimum atomic E-state index is 0.00172. The summed E-state index contributed by atoms with van der Waals surface area (Å²) in [6.45, 7) is 7.82. The van der Waals surface area contributed by atoms with E-state index in [2.05, 4.69) is 27.8 Å². The Hall–Kier alpha value is -1.79. The van der Waals surface area contributed by atoms with Crippen LogP contribution in [0, 0.1) is 11.8 Å². The Labute approximate surface area is 187 Å². The predicted molar refractivity (Wildman–Crippen MR) is 121 cm³/mol. The third-order valence-corrected chi connectivity index (χ3v) is 6.79. The van der Waals surface area contributed by atoms with Crippen molar-refractivity contribution in [3.05, 3.63) is 52.4 Å². The zero-order valence-electron chi connectivity index (χ0n) is 17.7. The van der Waals surface area contributed by atoms with Crippen LogP contribution in [0.25, 0.3) is 0 Å². The Bertz CT molecular complexity index is 827. The molecule has 0 aliphatic carbocycles. The van der Waals surface area contributed by atoms with Crippen molar-refractivity contribution in [2.45, 2.75) is 39.2 Å². The van der Waals surface area contributed by atoms with E-state index in [4.69, 9.17) is 9.15 Å². The molecule has 2 saturated heterocycles. The molecule has 0 spiro atoms. The third-order valence-electron chi connectivity index (χ3n) is 6.27. The lowest BCUT2D eigenvalue weighted by Crippen LogP contribution is -2.45. The van der Waals surface area contributed by atoms with Crippen LogP contribution in [0.1, 0.15) is 48.9 Å². The van der Waals surface area contributed by atoms with Gasteiger partial charge in [0.2, 0.25) is 0 Å². The summed E-state index contributed by atoms with van der Waals surface area (Å²) in [4.78, 5) is 17.5. The number of carbonyl (C=O) groups excluding carboxylic acids is 1. The topological polar surface area (TPSA) is 45.9 Å². The first-order chi connectivity index (χ1) is 14.6. The van der Waals surface area contributed by atoms with Crippen LogP contribution in [0.5, 0.6) is 5.75 Å². The summed E-state index contributed by atoms with van der Waals surface area (Å²) in [5.41, 5.74) is 0. The van der Waals surface area contributed by atoms with Gasteiger partial charge in [0.05, 0.1) is 0 Å². The Kier molecular flexibility index (Phi) is 7.16. The first kappa shape index (κ1) is 21.4. The monoisotopic (exact) mass is 474 g/mol. The van der Waals surface area contributed by atoms with E-state index < -0.39 is 0 Å². The largest absolute Gasteiger partial charge is 0.486 e. The van der Waals surface area contributed by atoms with E-state index in [-0.39, 0.29) is 5.91 Å². The lowest BCUT2D eigenvalue weighted by molar-refractivity contribution is 0.0588. The van der Waals surface area contributed by atoms with Gasteiger partial charge in [-0.2, -0.15) is 0 Å². The molecular formula is C24H31BrN2O3. The SMILES string of the molecule is CC1CCN(CC2CCCN(C(=O)c3ccc(COc4ccc(Br)cc4)o3)C2)CC1. The van der Waals surface area contributed by atoms with Crippen LogP contribution in [0.4, 0.5) is 0 Å². The quantitative estimate of drug-likeness (QED) is 0.576. The molecule has 30 heavy (non-hydrogen) atoms. The van der Waals surface area contributed by atoms with E-state index >= 15 is 0 Å². The van der Waals surface area contributed by atoms with Crippen LogP contribution < -0.4 is 4.74 Å². The third kappa shape index (κ3) is 5.67. The van der Waals surface area contributed by atoms with E-state index in [9.17, 15) is 4.79 Å². The summed E-state index contributed by atoms with van der Waals surface area (Å²) in [5.74, 6) is 3.27. The van der Waals surface area contributed by atoms with Crippen molar-refractivity contribution >= 4 is 21.8 Å². The minimum Gasteiger partial charge on any atom is -0.486 e. The summed E-state index contributed by atoms with van der Waals surface area (Å²) < 4.78 is 12.6. The molecule has 4 rings (SSSR count). The molecule has 0 bridgehead atoms. The van der Waals surface area contributed by atoms with Gasteiger partial charge in [-0.15, -0.1) is 0 Å². The summed E-state index contributed by atoms with van der Waals surface area (Å²) in [7, 11) is 0. The number of amides is 1. The van der Waals surface area contributed by atoms with Crippen molar-refractivity contribution in [3.63, 3.8) is 0 Å². The smallest absolute Gasteiger partial charge is 0.289 e. The van der Waals surface area contributed by atoms with Crippen LogP contribution in [-0.2, 0) is 6.61 Å². The summed E-state index contributed by atoms with van der Waals surface area (Å²) in [5, 5.41) is 0. The lowest BCUT2D eigenvalue weighted by Gasteiger charge is -2.37. The van der Waals surface area contributed by atoms with E-state index in [1.807, 2.05) is 35.2 Å². The summed E-state index contributed by atoms with van der Waals surface area (Å²) in [6.07, 6.45) is 4.88. The normalized spacial score (nSPS) is 21.0. The maximum Gasteiger partial charge on any atom is 0.289 e. The minimum absolute atomic E-state index is 0.00172. The second-order valence-corrected chi connectivity index (χ2v) is 9.67. The molecule has 162 valence electrons. The zero-order valence-corrected chi connectivity index (χ0v) is 19.3. The van der Waals surface area contributed by atoms with Crippen LogP contribution in [0.2, 0.25) is 0 Å². The van der Waals surface area contributed by atoms with Crippen LogP contribution >= 0.6 is 15.9 Å². The highest BCUT2D eigenvalue weighted by atomic mass is 79.9. The number of rotatable bonds is 6. The number of hydrogen-bond donors (Lipinski definition) is 0. The second-order valence-electron chi connectivity index (χ2n) is 8.75. The van der Waals surface area contributed by atoms with Gasteiger partial charge in [0.25, 0.3) is 5.91 Å². The van der Waals surface area contributed by atoms with Gasteiger partial charge in [0.15, 0.2) is 5.76 Å². The van der Waals surface area contributed by atoms with Gasteiger partial charge in [-0.3, -0.25) is 4.79 Å². The molecule has 1 aromatic carbocycles. The molecule has 1 unspecified atom stereocenters. The number of furan rings is 1. The van der Waals surface area contributed by atoms with Gasteiger partial charge in [0.1, 0.15) is 18.1 Å². The van der Waals surface area contributed by atoms with Gasteiger partial charge < -0.3 is 19.0 Å². The molecule has 2 fully saturated rings. The van der Waals surface area contributed by atoms with E-state index in [0.29, 0.717) is 24.0 Å². The second kappa shape index (κ2) is 10.0. The van der Waals surface area contributed by atoms with Gasteiger partial charge in [-0.25, -0.2) is 0 Å². The van der Waals surface area contributed by atoms with Crippen LogP contribution in [0.3, 0.4) is 0 Å². The molecule has 6 heteroatoms. The Morgan fingerprint density at radius 2 is 1.87 bits per heavy atom. The highest BCUT2D eigenvalue weighted by Crippen LogP contribution is 2.24. The molecular weight excluding hydrogens is 444 g/mol. The predicted octanol–water partition coefficient (Wildman–Crippen LogP) is 5.21. The van der Waals surface area contributed by atoms with Gasteiger partial charge in [0, 0.05) is 24.1 Å².